The highest BCUT2D eigenvalue weighted by atomic mass is 16.4. The number of aryl methyl sites for hydroxylation is 1. The number of nitrogens with one attached hydrogen (secondary N) is 5. The standard InChI is InChI=1S/C33H37N5O5/c1-21-8-4-6-10-27(21)38-32(43)37-24-14-12-22(13-15-24)16-29(39)33(2,3)35-20-30(40)36-25(18-31(41)42)17-23-19-34-28-11-7-5-9-26(23)28/h4-15,19,25,34-35H,16-18,20H2,1-3H3,(H,36,40)(H,41,42)(H2,37,38,43)/t25-/m0/s1. The first-order chi connectivity index (χ1) is 20.5. The Kier molecular flexibility index (Phi) is 9.95. The largest absolute Gasteiger partial charge is 0.481 e. The fourth-order valence-corrected chi connectivity index (χ4v) is 4.74. The van der Waals surface area contributed by atoms with Gasteiger partial charge in [-0.15, -0.1) is 0 Å². The van der Waals surface area contributed by atoms with Crippen LogP contribution in [-0.4, -0.2) is 51.9 Å². The Hall–Kier alpha value is -4.96. The van der Waals surface area contributed by atoms with Crippen molar-refractivity contribution in [1.82, 2.24) is 15.6 Å². The molecule has 0 aliphatic rings. The van der Waals surface area contributed by atoms with E-state index in [1.807, 2.05) is 61.7 Å². The van der Waals surface area contributed by atoms with E-state index in [0.29, 0.717) is 12.1 Å². The van der Waals surface area contributed by atoms with Gasteiger partial charge in [0.25, 0.3) is 0 Å². The number of para-hydroxylation sites is 2. The molecule has 0 radical (unpaired) electrons. The van der Waals surface area contributed by atoms with Crippen LogP contribution in [0.25, 0.3) is 10.9 Å². The van der Waals surface area contributed by atoms with Crippen LogP contribution in [0, 0.1) is 6.92 Å². The van der Waals surface area contributed by atoms with Crippen LogP contribution in [0.1, 0.15) is 37.0 Å². The molecule has 224 valence electrons. The number of urea groups is 1. The monoisotopic (exact) mass is 583 g/mol. The highest BCUT2D eigenvalue weighted by molar-refractivity contribution is 6.00. The number of amides is 3. The third-order valence-corrected chi connectivity index (χ3v) is 7.29. The van der Waals surface area contributed by atoms with Crippen LogP contribution in [0.15, 0.2) is 79.0 Å². The van der Waals surface area contributed by atoms with Crippen molar-refractivity contribution in [1.29, 1.82) is 0 Å². The summed E-state index contributed by atoms with van der Waals surface area (Å²) in [5.74, 6) is -1.53. The van der Waals surface area contributed by atoms with Gasteiger partial charge in [0.05, 0.1) is 18.5 Å². The minimum atomic E-state index is -1.01. The molecule has 0 fully saturated rings. The predicted octanol–water partition coefficient (Wildman–Crippen LogP) is 4.80. The van der Waals surface area contributed by atoms with E-state index in [4.69, 9.17) is 0 Å². The number of carbonyl (C=O) groups excluding carboxylic acids is 3. The minimum Gasteiger partial charge on any atom is -0.481 e. The molecule has 0 saturated heterocycles. The maximum atomic E-state index is 13.1. The molecule has 10 heteroatoms. The highest BCUT2D eigenvalue weighted by Gasteiger charge is 2.28. The van der Waals surface area contributed by atoms with Crippen molar-refractivity contribution in [2.24, 2.45) is 0 Å². The van der Waals surface area contributed by atoms with Gasteiger partial charge in [-0.3, -0.25) is 19.7 Å². The number of ketones is 1. The lowest BCUT2D eigenvalue weighted by atomic mass is 9.93. The van der Waals surface area contributed by atoms with Gasteiger partial charge in [-0.2, -0.15) is 0 Å². The Morgan fingerprint density at radius 3 is 2.33 bits per heavy atom. The molecule has 43 heavy (non-hydrogen) atoms. The number of aliphatic carboxylic acids is 1. The number of carbonyl (C=O) groups is 4. The van der Waals surface area contributed by atoms with E-state index in [9.17, 15) is 24.3 Å². The van der Waals surface area contributed by atoms with Crippen LogP contribution < -0.4 is 21.3 Å². The summed E-state index contributed by atoms with van der Waals surface area (Å²) in [5, 5.41) is 21.8. The summed E-state index contributed by atoms with van der Waals surface area (Å²) in [6, 6.07) is 21.2. The Bertz CT molecular complexity index is 1610. The Morgan fingerprint density at radius 1 is 0.907 bits per heavy atom. The molecule has 0 spiro atoms. The van der Waals surface area contributed by atoms with Crippen LogP contribution in [-0.2, 0) is 27.2 Å². The molecule has 4 aromatic rings. The van der Waals surface area contributed by atoms with Crippen molar-refractivity contribution in [2.75, 3.05) is 17.2 Å². The second-order valence-electron chi connectivity index (χ2n) is 11.1. The number of benzene rings is 3. The normalized spacial score (nSPS) is 12.0. The summed E-state index contributed by atoms with van der Waals surface area (Å²) in [7, 11) is 0. The number of anilines is 2. The third-order valence-electron chi connectivity index (χ3n) is 7.29. The first kappa shape index (κ1) is 31.0. The molecule has 0 aliphatic carbocycles. The molecule has 0 bridgehead atoms. The zero-order valence-electron chi connectivity index (χ0n) is 24.5. The molecule has 3 aromatic carbocycles. The summed E-state index contributed by atoms with van der Waals surface area (Å²) in [6.07, 6.45) is 2.07. The molecule has 1 atom stereocenters. The van der Waals surface area contributed by atoms with Crippen molar-refractivity contribution < 1.29 is 24.3 Å². The summed E-state index contributed by atoms with van der Waals surface area (Å²) in [5.41, 5.74) is 3.85. The lowest BCUT2D eigenvalue weighted by molar-refractivity contribution is -0.137. The second kappa shape index (κ2) is 13.8. The predicted molar refractivity (Wildman–Crippen MR) is 167 cm³/mol. The molecule has 6 N–H and O–H groups in total. The quantitative estimate of drug-likeness (QED) is 0.133. The van der Waals surface area contributed by atoms with Gasteiger partial charge < -0.3 is 26.0 Å². The van der Waals surface area contributed by atoms with Gasteiger partial charge in [-0.1, -0.05) is 48.5 Å². The lowest BCUT2D eigenvalue weighted by Crippen LogP contribution is -2.52. The molecule has 1 heterocycles. The molecule has 1 aromatic heterocycles. The number of H-pyrrole nitrogens is 1. The number of hydrogen-bond donors (Lipinski definition) is 6. The van der Waals surface area contributed by atoms with E-state index in [1.54, 1.807) is 38.1 Å². The Morgan fingerprint density at radius 2 is 1.60 bits per heavy atom. The molecular formula is C33H37N5O5. The van der Waals surface area contributed by atoms with E-state index in [2.05, 4.69) is 26.3 Å². The fraction of sp³-hybridized carbons (Fsp3) is 0.273. The first-order valence-corrected chi connectivity index (χ1v) is 14.1. The van der Waals surface area contributed by atoms with Crippen LogP contribution in [0.4, 0.5) is 16.2 Å². The summed E-state index contributed by atoms with van der Waals surface area (Å²) < 4.78 is 0. The smallest absolute Gasteiger partial charge is 0.323 e. The van der Waals surface area contributed by atoms with Crippen molar-refractivity contribution in [3.8, 4) is 0 Å². The molecule has 10 nitrogen and oxygen atoms in total. The van der Waals surface area contributed by atoms with Gasteiger partial charge in [0.2, 0.25) is 5.91 Å². The number of carboxylic acid groups (broad SMARTS) is 1. The van der Waals surface area contributed by atoms with Crippen molar-refractivity contribution >= 4 is 46.0 Å². The van der Waals surface area contributed by atoms with Gasteiger partial charge in [0.1, 0.15) is 0 Å². The number of hydrogen-bond acceptors (Lipinski definition) is 5. The molecule has 3 amide bonds. The second-order valence-corrected chi connectivity index (χ2v) is 11.1. The topological polar surface area (TPSA) is 152 Å². The molecule has 0 aliphatic heterocycles. The molecule has 0 saturated carbocycles. The van der Waals surface area contributed by atoms with Gasteiger partial charge in [0, 0.05) is 40.9 Å². The van der Waals surface area contributed by atoms with Crippen LogP contribution in [0.5, 0.6) is 0 Å². The van der Waals surface area contributed by atoms with Crippen LogP contribution in [0.2, 0.25) is 0 Å². The van der Waals surface area contributed by atoms with E-state index in [1.165, 1.54) is 0 Å². The maximum Gasteiger partial charge on any atom is 0.323 e. The third kappa shape index (κ3) is 8.76. The van der Waals surface area contributed by atoms with Crippen LogP contribution >= 0.6 is 0 Å². The van der Waals surface area contributed by atoms with Gasteiger partial charge in [0.15, 0.2) is 5.78 Å². The number of rotatable bonds is 13. The van der Waals surface area contributed by atoms with E-state index in [-0.39, 0.29) is 31.2 Å². The lowest BCUT2D eigenvalue weighted by Gasteiger charge is -2.25. The maximum absolute atomic E-state index is 13.1. The zero-order valence-corrected chi connectivity index (χ0v) is 24.5. The van der Waals surface area contributed by atoms with Crippen molar-refractivity contribution in [2.45, 2.75) is 51.6 Å². The number of fused-ring (bicyclic) bond motifs is 1. The summed E-state index contributed by atoms with van der Waals surface area (Å²) >= 11 is 0. The Labute approximate surface area is 250 Å². The Balaban J connectivity index is 1.27. The first-order valence-electron chi connectivity index (χ1n) is 14.1. The number of Topliss-reactive ketones (excluding diaryl/α,β-unsaturated/α-hetero) is 1. The van der Waals surface area contributed by atoms with Crippen molar-refractivity contribution in [3.63, 3.8) is 0 Å². The van der Waals surface area contributed by atoms with Crippen LogP contribution in [0.3, 0.4) is 0 Å². The number of aromatic nitrogens is 1. The number of aromatic amines is 1. The van der Waals surface area contributed by atoms with E-state index in [0.717, 1.165) is 33.3 Å². The van der Waals surface area contributed by atoms with Gasteiger partial charge in [-0.05, 0) is 68.1 Å². The minimum absolute atomic E-state index is 0.125. The van der Waals surface area contributed by atoms with E-state index >= 15 is 0 Å². The molecule has 0 unspecified atom stereocenters. The summed E-state index contributed by atoms with van der Waals surface area (Å²) in [6.45, 7) is 5.17. The zero-order chi connectivity index (χ0) is 31.0. The average Bonchev–Trinajstić information content (AvgIpc) is 3.36. The number of carboxylic acids is 1. The van der Waals surface area contributed by atoms with E-state index < -0.39 is 23.5 Å². The van der Waals surface area contributed by atoms with Crippen molar-refractivity contribution in [3.05, 3.63) is 95.7 Å². The fourth-order valence-electron chi connectivity index (χ4n) is 4.74. The van der Waals surface area contributed by atoms with Gasteiger partial charge >= 0.3 is 12.0 Å². The highest BCUT2D eigenvalue weighted by Crippen LogP contribution is 2.20. The molecular weight excluding hydrogens is 546 g/mol. The summed E-state index contributed by atoms with van der Waals surface area (Å²) in [4.78, 5) is 52.9. The van der Waals surface area contributed by atoms with Gasteiger partial charge in [-0.25, -0.2) is 4.79 Å². The average molecular weight is 584 g/mol. The SMILES string of the molecule is Cc1ccccc1NC(=O)Nc1ccc(CC(=O)C(C)(C)NCC(=O)N[C@H](CC(=O)O)Cc2c[nH]c3ccccc23)cc1. The molecule has 4 rings (SSSR count).